The third-order valence-electron chi connectivity index (χ3n) is 4.46. The molecule has 8 heteroatoms. The highest BCUT2D eigenvalue weighted by Crippen LogP contribution is 2.37. The largest absolute Gasteiger partial charge is 0.506 e. The molecule has 1 aromatic carbocycles. The number of amides is 1. The van der Waals surface area contributed by atoms with Crippen molar-refractivity contribution in [3.05, 3.63) is 22.2 Å². The number of nitro benzene ring substituents is 1. The van der Waals surface area contributed by atoms with Gasteiger partial charge in [0.2, 0.25) is 5.91 Å². The molecule has 0 saturated heterocycles. The quantitative estimate of drug-likeness (QED) is 0.165. The number of nitrogens with one attached hydrogen (secondary N) is 1. The Morgan fingerprint density at radius 3 is 2.34 bits per heavy atom. The van der Waals surface area contributed by atoms with Gasteiger partial charge >= 0.3 is 5.69 Å². The van der Waals surface area contributed by atoms with Crippen molar-refractivity contribution in [2.45, 2.75) is 72.6 Å². The number of nitrogens with zero attached hydrogens (tertiary/aromatic N) is 1. The van der Waals surface area contributed by atoms with E-state index in [4.69, 9.17) is 4.74 Å². The average Bonchev–Trinajstić information content (AvgIpc) is 2.62. The molecule has 0 aromatic heterocycles. The summed E-state index contributed by atoms with van der Waals surface area (Å²) in [5, 5.41) is 23.7. The standard InChI is InChI=1S/C21H32N2O6/c1-5-6-7-8-9-10-11-29-18-12-15(17(24)13-16(18)23(27)28)22-20(26)14-19(25)21(2,3)4/h12-13,24H,5-11,14H2,1-4H3,(H,22,26). The number of nitro groups is 1. The van der Waals surface area contributed by atoms with Crippen molar-refractivity contribution in [1.82, 2.24) is 0 Å². The molecule has 0 aliphatic heterocycles. The fraction of sp³-hybridized carbons (Fsp3) is 0.619. The third-order valence-corrected chi connectivity index (χ3v) is 4.46. The summed E-state index contributed by atoms with van der Waals surface area (Å²) in [7, 11) is 0. The maximum atomic E-state index is 12.1. The lowest BCUT2D eigenvalue weighted by atomic mass is 9.89. The van der Waals surface area contributed by atoms with Crippen molar-refractivity contribution in [3.63, 3.8) is 0 Å². The summed E-state index contributed by atoms with van der Waals surface area (Å²) in [6.45, 7) is 7.57. The number of carbonyl (C=O) groups is 2. The molecule has 0 spiro atoms. The molecule has 0 radical (unpaired) electrons. The first-order valence-electron chi connectivity index (χ1n) is 10.0. The number of ether oxygens (including phenoxy) is 1. The number of phenols is 1. The number of phenolic OH excluding ortho intramolecular Hbond substituents is 1. The van der Waals surface area contributed by atoms with Crippen LogP contribution in [0.25, 0.3) is 0 Å². The second-order valence-corrected chi connectivity index (χ2v) is 8.11. The van der Waals surface area contributed by atoms with Crippen LogP contribution in [0.3, 0.4) is 0 Å². The van der Waals surface area contributed by atoms with Crippen molar-refractivity contribution >= 4 is 23.1 Å². The fourth-order valence-corrected chi connectivity index (χ4v) is 2.59. The Morgan fingerprint density at radius 2 is 1.76 bits per heavy atom. The summed E-state index contributed by atoms with van der Waals surface area (Å²) in [6, 6.07) is 2.17. The smallest absolute Gasteiger partial charge is 0.314 e. The predicted octanol–water partition coefficient (Wildman–Crippen LogP) is 4.98. The molecule has 0 saturated carbocycles. The first kappa shape index (κ1) is 24.4. The van der Waals surface area contributed by atoms with Crippen molar-refractivity contribution in [1.29, 1.82) is 0 Å². The van der Waals surface area contributed by atoms with E-state index in [9.17, 15) is 24.8 Å². The van der Waals surface area contributed by atoms with Gasteiger partial charge in [0.05, 0.1) is 29.7 Å². The van der Waals surface area contributed by atoms with Crippen molar-refractivity contribution in [2.24, 2.45) is 5.41 Å². The minimum absolute atomic E-state index is 0.0275. The van der Waals surface area contributed by atoms with Gasteiger partial charge < -0.3 is 15.2 Å². The van der Waals surface area contributed by atoms with Crippen LogP contribution in [-0.4, -0.2) is 28.3 Å². The van der Waals surface area contributed by atoms with E-state index in [0.717, 1.165) is 38.2 Å². The molecular formula is C21H32N2O6. The maximum Gasteiger partial charge on any atom is 0.314 e. The summed E-state index contributed by atoms with van der Waals surface area (Å²) < 4.78 is 5.55. The van der Waals surface area contributed by atoms with E-state index in [1.165, 1.54) is 12.5 Å². The number of hydrogen-bond donors (Lipinski definition) is 2. The molecule has 0 fully saturated rings. The first-order valence-corrected chi connectivity index (χ1v) is 10.0. The zero-order chi connectivity index (χ0) is 22.0. The second-order valence-electron chi connectivity index (χ2n) is 8.11. The fourth-order valence-electron chi connectivity index (χ4n) is 2.59. The SMILES string of the molecule is CCCCCCCCOc1cc(NC(=O)CC(=O)C(C)(C)C)c(O)cc1[N+](=O)[O-]. The molecule has 0 heterocycles. The number of hydrogen-bond acceptors (Lipinski definition) is 6. The summed E-state index contributed by atoms with van der Waals surface area (Å²) in [5.74, 6) is -1.34. The molecule has 0 atom stereocenters. The number of anilines is 1. The molecule has 1 amide bonds. The lowest BCUT2D eigenvalue weighted by Gasteiger charge is -2.16. The van der Waals surface area contributed by atoms with Crippen LogP contribution in [-0.2, 0) is 9.59 Å². The van der Waals surface area contributed by atoms with Gasteiger partial charge in [-0.15, -0.1) is 0 Å². The molecule has 8 nitrogen and oxygen atoms in total. The number of carbonyl (C=O) groups excluding carboxylic acids is 2. The Kier molecular flexibility index (Phi) is 9.58. The highest BCUT2D eigenvalue weighted by atomic mass is 16.6. The Hall–Kier alpha value is -2.64. The molecule has 0 bridgehead atoms. The van der Waals surface area contributed by atoms with Crippen molar-refractivity contribution in [3.8, 4) is 11.5 Å². The third kappa shape index (κ3) is 8.50. The van der Waals surface area contributed by atoms with Crippen LogP contribution < -0.4 is 10.1 Å². The average molecular weight is 408 g/mol. The van der Waals surface area contributed by atoms with Crippen LogP contribution in [0.15, 0.2) is 12.1 Å². The zero-order valence-corrected chi connectivity index (χ0v) is 17.7. The Balaban J connectivity index is 2.79. The van der Waals surface area contributed by atoms with Crippen LogP contribution in [0.4, 0.5) is 11.4 Å². The Morgan fingerprint density at radius 1 is 1.14 bits per heavy atom. The number of unbranched alkanes of at least 4 members (excludes halogenated alkanes) is 5. The monoisotopic (exact) mass is 408 g/mol. The van der Waals surface area contributed by atoms with Crippen molar-refractivity contribution < 1.29 is 24.4 Å². The molecule has 0 aliphatic carbocycles. The summed E-state index contributed by atoms with van der Waals surface area (Å²) >= 11 is 0. The van der Waals surface area contributed by atoms with Crippen molar-refractivity contribution in [2.75, 3.05) is 11.9 Å². The summed E-state index contributed by atoms with van der Waals surface area (Å²) in [5.41, 5.74) is -1.07. The van der Waals surface area contributed by atoms with E-state index in [2.05, 4.69) is 12.2 Å². The number of benzene rings is 1. The lowest BCUT2D eigenvalue weighted by Crippen LogP contribution is -2.26. The van der Waals surface area contributed by atoms with E-state index in [0.29, 0.717) is 6.61 Å². The van der Waals surface area contributed by atoms with Gasteiger partial charge in [-0.1, -0.05) is 59.8 Å². The first-order chi connectivity index (χ1) is 13.6. The minimum Gasteiger partial charge on any atom is -0.506 e. The van der Waals surface area contributed by atoms with Crippen LogP contribution >= 0.6 is 0 Å². The maximum absolute atomic E-state index is 12.1. The minimum atomic E-state index is -0.666. The number of rotatable bonds is 12. The van der Waals surface area contributed by atoms with Gasteiger partial charge in [-0.2, -0.15) is 0 Å². The second kappa shape index (κ2) is 11.4. The van der Waals surface area contributed by atoms with E-state index >= 15 is 0 Å². The molecule has 1 rings (SSSR count). The van der Waals surface area contributed by atoms with Crippen LogP contribution in [0.2, 0.25) is 0 Å². The Labute approximate surface area is 171 Å². The number of ketones is 1. The van der Waals surface area contributed by atoms with Gasteiger partial charge in [0.25, 0.3) is 0 Å². The van der Waals surface area contributed by atoms with E-state index < -0.39 is 22.0 Å². The number of Topliss-reactive ketones (excluding diaryl/α,β-unsaturated/α-hetero) is 1. The van der Waals surface area contributed by atoms with E-state index in [1.807, 2.05) is 0 Å². The molecular weight excluding hydrogens is 376 g/mol. The van der Waals surface area contributed by atoms with Gasteiger partial charge in [-0.05, 0) is 6.42 Å². The van der Waals surface area contributed by atoms with Gasteiger partial charge in [0, 0.05) is 11.5 Å². The Bertz CT molecular complexity index is 725. The van der Waals surface area contributed by atoms with Crippen LogP contribution in [0.1, 0.15) is 72.6 Å². The summed E-state index contributed by atoms with van der Waals surface area (Å²) in [4.78, 5) is 34.7. The highest BCUT2D eigenvalue weighted by Gasteiger charge is 2.25. The van der Waals surface area contributed by atoms with Gasteiger partial charge in [-0.25, -0.2) is 0 Å². The van der Waals surface area contributed by atoms with Crippen LogP contribution in [0.5, 0.6) is 11.5 Å². The topological polar surface area (TPSA) is 119 Å². The normalized spacial score (nSPS) is 11.2. The molecule has 0 aliphatic rings. The van der Waals surface area contributed by atoms with Gasteiger partial charge in [0.1, 0.15) is 11.5 Å². The molecule has 1 aromatic rings. The van der Waals surface area contributed by atoms with E-state index in [1.54, 1.807) is 20.8 Å². The molecule has 29 heavy (non-hydrogen) atoms. The highest BCUT2D eigenvalue weighted by molar-refractivity contribution is 6.06. The molecule has 2 N–H and O–H groups in total. The predicted molar refractivity (Wildman–Crippen MR) is 111 cm³/mol. The summed E-state index contributed by atoms with van der Waals surface area (Å²) in [6.07, 6.45) is 5.94. The zero-order valence-electron chi connectivity index (χ0n) is 17.7. The van der Waals surface area contributed by atoms with Gasteiger partial charge in [-0.3, -0.25) is 19.7 Å². The van der Waals surface area contributed by atoms with E-state index in [-0.39, 0.29) is 29.3 Å². The molecule has 162 valence electrons. The van der Waals surface area contributed by atoms with Gasteiger partial charge in [0.15, 0.2) is 5.75 Å². The lowest BCUT2D eigenvalue weighted by molar-refractivity contribution is -0.385. The molecule has 0 unspecified atom stereocenters. The number of aromatic hydroxyl groups is 1. The van der Waals surface area contributed by atoms with Crippen LogP contribution in [0, 0.1) is 15.5 Å².